The van der Waals surface area contributed by atoms with E-state index in [2.05, 4.69) is 31.3 Å². The van der Waals surface area contributed by atoms with Crippen molar-refractivity contribution in [3.8, 4) is 0 Å². The maximum absolute atomic E-state index is 13.2. The molecule has 2 aliphatic heterocycles. The minimum Gasteiger partial charge on any atom is -0.394 e. The number of carbonyl (C=O) groups excluding carboxylic acids is 1. The van der Waals surface area contributed by atoms with E-state index in [9.17, 15) is 45.6 Å². The van der Waals surface area contributed by atoms with E-state index >= 15 is 0 Å². The van der Waals surface area contributed by atoms with Crippen LogP contribution in [0.3, 0.4) is 0 Å². The lowest BCUT2D eigenvalue weighted by molar-refractivity contribution is -0.359. The number of allylic oxidation sites excluding steroid dienone is 2. The largest absolute Gasteiger partial charge is 0.394 e. The van der Waals surface area contributed by atoms with Gasteiger partial charge in [0.15, 0.2) is 12.6 Å². The van der Waals surface area contributed by atoms with Gasteiger partial charge >= 0.3 is 0 Å². The number of unbranched alkanes of at least 4 members (excludes halogenated alkanes) is 37. The zero-order valence-electron chi connectivity index (χ0n) is 48.5. The molecule has 2 aliphatic rings. The Morgan fingerprint density at radius 1 is 0.461 bits per heavy atom. The fourth-order valence-corrected chi connectivity index (χ4v) is 10.8. The highest BCUT2D eigenvalue weighted by atomic mass is 16.7. The lowest BCUT2D eigenvalue weighted by Crippen LogP contribution is -2.65. The number of amides is 1. The van der Waals surface area contributed by atoms with Crippen LogP contribution in [0.15, 0.2) is 12.2 Å². The Labute approximate surface area is 463 Å². The number of ether oxygens (including phenoxy) is 4. The summed E-state index contributed by atoms with van der Waals surface area (Å²) in [5.41, 5.74) is 0. The summed E-state index contributed by atoms with van der Waals surface area (Å²) in [4.78, 5) is 13.2. The first-order valence-corrected chi connectivity index (χ1v) is 31.9. The van der Waals surface area contributed by atoms with Crippen molar-refractivity contribution in [2.75, 3.05) is 19.8 Å². The molecule has 9 N–H and O–H groups in total. The van der Waals surface area contributed by atoms with Crippen molar-refractivity contribution in [2.24, 2.45) is 0 Å². The average molecular weight is 1090 g/mol. The SMILES string of the molecule is CCCCCCCCCC/C=C\CCCCCCCCCCCCCCCCCCCCCCCC(=O)NC(COC1OC(CO)C(OC2OC(CO)C(O)C(O)C2O)C(O)C1O)C(O)CCCCCCCCCCC. The molecule has 0 aromatic carbocycles. The summed E-state index contributed by atoms with van der Waals surface area (Å²) in [5, 5.41) is 87.0. The molecule has 0 radical (unpaired) electrons. The smallest absolute Gasteiger partial charge is 0.220 e. The van der Waals surface area contributed by atoms with Crippen LogP contribution in [0.2, 0.25) is 0 Å². The minimum absolute atomic E-state index is 0.204. The third-order valence-corrected chi connectivity index (χ3v) is 16.0. The van der Waals surface area contributed by atoms with Crippen molar-refractivity contribution in [3.63, 3.8) is 0 Å². The molecule has 0 aromatic heterocycles. The summed E-state index contributed by atoms with van der Waals surface area (Å²) in [5.74, 6) is -0.204. The van der Waals surface area contributed by atoms with Crippen LogP contribution < -0.4 is 5.32 Å². The second kappa shape index (κ2) is 48.4. The molecule has 2 fully saturated rings. The number of aliphatic hydroxyl groups excluding tert-OH is 8. The highest BCUT2D eigenvalue weighted by molar-refractivity contribution is 5.76. The minimum atomic E-state index is -1.78. The van der Waals surface area contributed by atoms with Crippen molar-refractivity contribution in [1.82, 2.24) is 5.32 Å². The normalized spacial score (nSPS) is 24.9. The summed E-state index contributed by atoms with van der Waals surface area (Å²) < 4.78 is 22.8. The van der Waals surface area contributed by atoms with Gasteiger partial charge in [0.25, 0.3) is 0 Å². The molecule has 12 atom stereocenters. The Balaban J connectivity index is 1.56. The molecule has 0 saturated carbocycles. The van der Waals surface area contributed by atoms with Gasteiger partial charge in [-0.1, -0.05) is 251 Å². The molecular weight excluding hydrogens is 967 g/mol. The van der Waals surface area contributed by atoms with Gasteiger partial charge in [0.1, 0.15) is 48.8 Å². The molecule has 2 heterocycles. The number of aliphatic hydroxyl groups is 8. The van der Waals surface area contributed by atoms with Gasteiger partial charge in [0.2, 0.25) is 5.91 Å². The van der Waals surface area contributed by atoms with Crippen molar-refractivity contribution in [1.29, 1.82) is 0 Å². The van der Waals surface area contributed by atoms with Gasteiger partial charge in [0, 0.05) is 6.42 Å². The molecular formula is C62H119NO13. The highest BCUT2D eigenvalue weighted by Gasteiger charge is 2.51. The monoisotopic (exact) mass is 1090 g/mol. The van der Waals surface area contributed by atoms with Gasteiger partial charge in [-0.05, 0) is 38.5 Å². The number of hydrogen-bond donors (Lipinski definition) is 9. The van der Waals surface area contributed by atoms with E-state index < -0.39 is 86.8 Å². The van der Waals surface area contributed by atoms with Crippen LogP contribution in [0.4, 0.5) is 0 Å². The van der Waals surface area contributed by atoms with E-state index in [0.717, 1.165) is 51.4 Å². The van der Waals surface area contributed by atoms with Crippen LogP contribution in [0.1, 0.15) is 284 Å². The van der Waals surface area contributed by atoms with Crippen LogP contribution >= 0.6 is 0 Å². The van der Waals surface area contributed by atoms with Crippen LogP contribution in [-0.4, -0.2) is 140 Å². The third-order valence-electron chi connectivity index (χ3n) is 16.0. The molecule has 1 amide bonds. The maximum Gasteiger partial charge on any atom is 0.220 e. The lowest BCUT2D eigenvalue weighted by Gasteiger charge is -2.46. The molecule has 2 saturated heterocycles. The quantitative estimate of drug-likeness (QED) is 0.0204. The Bertz CT molecular complexity index is 1330. The molecule has 450 valence electrons. The van der Waals surface area contributed by atoms with Crippen LogP contribution in [0, 0.1) is 0 Å². The average Bonchev–Trinajstić information content (AvgIpc) is 3.42. The summed E-state index contributed by atoms with van der Waals surface area (Å²) >= 11 is 0. The van der Waals surface area contributed by atoms with E-state index in [-0.39, 0.29) is 12.5 Å². The van der Waals surface area contributed by atoms with Crippen LogP contribution in [-0.2, 0) is 23.7 Å². The molecule has 0 aliphatic carbocycles. The van der Waals surface area contributed by atoms with Crippen molar-refractivity contribution in [3.05, 3.63) is 12.2 Å². The summed E-state index contributed by atoms with van der Waals surface area (Å²) in [7, 11) is 0. The van der Waals surface area contributed by atoms with Gasteiger partial charge in [-0.3, -0.25) is 4.79 Å². The second-order valence-corrected chi connectivity index (χ2v) is 22.9. The zero-order chi connectivity index (χ0) is 55.3. The molecule has 12 unspecified atom stereocenters. The predicted molar refractivity (Wildman–Crippen MR) is 305 cm³/mol. The number of hydrogen-bond acceptors (Lipinski definition) is 13. The molecule has 14 nitrogen and oxygen atoms in total. The highest BCUT2D eigenvalue weighted by Crippen LogP contribution is 2.30. The lowest BCUT2D eigenvalue weighted by atomic mass is 9.97. The third kappa shape index (κ3) is 33.5. The summed E-state index contributed by atoms with van der Waals surface area (Å²) in [6.45, 7) is 2.85. The van der Waals surface area contributed by atoms with Gasteiger partial charge in [-0.15, -0.1) is 0 Å². The zero-order valence-corrected chi connectivity index (χ0v) is 48.5. The van der Waals surface area contributed by atoms with E-state index in [1.165, 1.54) is 205 Å². The van der Waals surface area contributed by atoms with E-state index in [0.29, 0.717) is 12.8 Å². The van der Waals surface area contributed by atoms with Crippen LogP contribution in [0.5, 0.6) is 0 Å². The van der Waals surface area contributed by atoms with E-state index in [1.54, 1.807) is 0 Å². The molecule has 0 aromatic rings. The van der Waals surface area contributed by atoms with Crippen molar-refractivity contribution >= 4 is 5.91 Å². The summed E-state index contributed by atoms with van der Waals surface area (Å²) in [6.07, 6.45) is 39.8. The predicted octanol–water partition coefficient (Wildman–Crippen LogP) is 11.5. The van der Waals surface area contributed by atoms with Crippen LogP contribution in [0.25, 0.3) is 0 Å². The first kappa shape index (κ1) is 70.8. The molecule has 2 rings (SSSR count). The van der Waals surface area contributed by atoms with Crippen molar-refractivity contribution < 1.29 is 64.6 Å². The maximum atomic E-state index is 13.2. The molecule has 0 spiro atoms. The number of carbonyl (C=O) groups is 1. The summed E-state index contributed by atoms with van der Waals surface area (Å²) in [6, 6.07) is -0.822. The standard InChI is InChI=1S/C62H119NO13/c1-3-5-7-9-11-13-14-15-16-17-18-19-20-21-22-23-24-25-26-27-28-29-30-31-32-33-34-35-36-38-40-42-44-46-54(67)63-50(51(66)45-43-41-39-37-12-10-8-6-4-2)49-73-61-59(72)57(70)60(53(48-65)75-61)76-62-58(71)56(69)55(68)52(47-64)74-62/h17-18,50-53,55-62,64-66,68-72H,3-16,19-49H2,1-2H3,(H,63,67)/b18-17-. The van der Waals surface area contributed by atoms with Gasteiger partial charge in [-0.2, -0.15) is 0 Å². The fraction of sp³-hybridized carbons (Fsp3) is 0.952. The van der Waals surface area contributed by atoms with Gasteiger partial charge < -0.3 is 65.1 Å². The molecule has 0 bridgehead atoms. The van der Waals surface area contributed by atoms with E-state index in [1.807, 2.05) is 0 Å². The topological polar surface area (TPSA) is 228 Å². The first-order valence-electron chi connectivity index (χ1n) is 31.9. The Morgan fingerprint density at radius 2 is 0.829 bits per heavy atom. The molecule has 14 heteroatoms. The second-order valence-electron chi connectivity index (χ2n) is 22.9. The van der Waals surface area contributed by atoms with E-state index in [4.69, 9.17) is 18.9 Å². The Kier molecular flexibility index (Phi) is 45.1. The van der Waals surface area contributed by atoms with Gasteiger partial charge in [0.05, 0.1) is 32.0 Å². The van der Waals surface area contributed by atoms with Gasteiger partial charge in [-0.25, -0.2) is 0 Å². The first-order chi connectivity index (χ1) is 37.1. The Hall–Kier alpha value is -1.27. The molecule has 76 heavy (non-hydrogen) atoms. The number of nitrogens with one attached hydrogen (secondary N) is 1. The fourth-order valence-electron chi connectivity index (χ4n) is 10.8. The van der Waals surface area contributed by atoms with Crippen molar-refractivity contribution in [2.45, 2.75) is 357 Å². The Morgan fingerprint density at radius 3 is 1.25 bits per heavy atom. The number of rotatable bonds is 52.